The van der Waals surface area contributed by atoms with Gasteiger partial charge in [0.05, 0.1) is 5.69 Å². The summed E-state index contributed by atoms with van der Waals surface area (Å²) < 4.78 is 2.66. The van der Waals surface area contributed by atoms with Gasteiger partial charge in [0.2, 0.25) is 0 Å². The lowest BCUT2D eigenvalue weighted by atomic mass is 9.43. The van der Waals surface area contributed by atoms with E-state index in [1.165, 1.54) is 121 Å². The predicted molar refractivity (Wildman–Crippen MR) is 276 cm³/mol. The standard InChI is InChI=1S/C59H53BN2S/c1-36-31-37(2)54(38(3)32-36)40-33-48-47-35-42(59(7,8)9)25-29-50(47)62(43-26-23-41(24-27-43)58(4,5)6)60-55(48)52(34-40)61(49-21-15-13-19-44(49)39-17-11-10-12-18-39)51-30-28-46-45-20-14-16-22-53(45)63-57(46)56(51)60/h10-35H,1-9H3. The fourth-order valence-corrected chi connectivity index (χ4v) is 11.9. The van der Waals surface area contributed by atoms with E-state index in [9.17, 15) is 0 Å². The molecule has 9 aromatic rings. The van der Waals surface area contributed by atoms with Gasteiger partial charge in [-0.1, -0.05) is 150 Å². The van der Waals surface area contributed by atoms with Crippen molar-refractivity contribution in [2.45, 2.75) is 73.1 Å². The van der Waals surface area contributed by atoms with E-state index in [-0.39, 0.29) is 17.7 Å². The van der Waals surface area contributed by atoms with Crippen LogP contribution in [0.2, 0.25) is 0 Å². The van der Waals surface area contributed by atoms with Gasteiger partial charge in [-0.3, -0.25) is 0 Å². The van der Waals surface area contributed by atoms with Gasteiger partial charge in [-0.05, 0) is 142 Å². The number of rotatable bonds is 4. The number of hydrogen-bond acceptors (Lipinski definition) is 3. The average molecular weight is 833 g/mol. The Labute approximate surface area is 377 Å². The average Bonchev–Trinajstić information content (AvgIpc) is 3.65. The maximum absolute atomic E-state index is 2.69. The molecule has 0 atom stereocenters. The topological polar surface area (TPSA) is 6.48 Å². The summed E-state index contributed by atoms with van der Waals surface area (Å²) in [5.41, 5.74) is 22.9. The van der Waals surface area contributed by atoms with E-state index in [4.69, 9.17) is 0 Å². The first kappa shape index (κ1) is 39.5. The third kappa shape index (κ3) is 6.28. The van der Waals surface area contributed by atoms with Crippen molar-refractivity contribution >= 4 is 77.7 Å². The number of para-hydroxylation sites is 1. The molecule has 0 fully saturated rings. The number of anilines is 5. The Balaban J connectivity index is 1.33. The first-order chi connectivity index (χ1) is 30.3. The highest BCUT2D eigenvalue weighted by molar-refractivity contribution is 7.27. The Bertz CT molecular complexity index is 3270. The lowest BCUT2D eigenvalue weighted by Crippen LogP contribution is -2.61. The molecule has 4 heteroatoms. The normalized spacial score (nSPS) is 13.4. The number of nitrogens with zero attached hydrogens (tertiary/aromatic N) is 2. The molecule has 0 saturated heterocycles. The second-order valence-electron chi connectivity index (χ2n) is 20.0. The zero-order chi connectivity index (χ0) is 43.5. The predicted octanol–water partition coefficient (Wildman–Crippen LogP) is 15.6. The summed E-state index contributed by atoms with van der Waals surface area (Å²) in [7, 11) is 0. The van der Waals surface area contributed by atoms with Crippen molar-refractivity contribution in [1.82, 2.24) is 0 Å². The summed E-state index contributed by atoms with van der Waals surface area (Å²) in [5.74, 6) is 0. The summed E-state index contributed by atoms with van der Waals surface area (Å²) in [4.78, 5) is 5.31. The smallest absolute Gasteiger partial charge is 0.334 e. The van der Waals surface area contributed by atoms with Gasteiger partial charge in [-0.2, -0.15) is 0 Å². The van der Waals surface area contributed by atoms with E-state index in [1.54, 1.807) is 0 Å². The van der Waals surface area contributed by atoms with E-state index in [1.807, 2.05) is 11.3 Å². The highest BCUT2D eigenvalue weighted by Gasteiger charge is 2.47. The van der Waals surface area contributed by atoms with Gasteiger partial charge in [0.25, 0.3) is 0 Å². The van der Waals surface area contributed by atoms with Crippen LogP contribution in [0.25, 0.3) is 53.6 Å². The van der Waals surface area contributed by atoms with E-state index < -0.39 is 0 Å². The molecule has 0 unspecified atom stereocenters. The van der Waals surface area contributed by atoms with Crippen LogP contribution in [0.4, 0.5) is 28.4 Å². The summed E-state index contributed by atoms with van der Waals surface area (Å²) in [6.45, 7) is 20.6. The fourth-order valence-electron chi connectivity index (χ4n) is 10.7. The molecule has 2 aliphatic rings. The van der Waals surface area contributed by atoms with Crippen LogP contribution in [0.3, 0.4) is 0 Å². The minimum absolute atomic E-state index is 0.0374. The highest BCUT2D eigenvalue weighted by Crippen LogP contribution is 2.52. The van der Waals surface area contributed by atoms with Crippen molar-refractivity contribution in [2.75, 3.05) is 9.71 Å². The second-order valence-corrected chi connectivity index (χ2v) is 21.0. The Morgan fingerprint density at radius 1 is 0.460 bits per heavy atom. The van der Waals surface area contributed by atoms with Crippen LogP contribution < -0.4 is 20.6 Å². The minimum atomic E-state index is -0.107. The quantitative estimate of drug-likeness (QED) is 0.163. The van der Waals surface area contributed by atoms with E-state index >= 15 is 0 Å². The van der Waals surface area contributed by atoms with Crippen LogP contribution in [0.5, 0.6) is 0 Å². The van der Waals surface area contributed by atoms with Gasteiger partial charge in [-0.15, -0.1) is 11.3 Å². The van der Waals surface area contributed by atoms with E-state index in [0.29, 0.717) is 0 Å². The molecule has 1 aromatic heterocycles. The van der Waals surface area contributed by atoms with Gasteiger partial charge in [0.15, 0.2) is 0 Å². The Hall–Kier alpha value is -6.36. The maximum atomic E-state index is 2.69. The minimum Gasteiger partial charge on any atom is -0.376 e. The third-order valence-electron chi connectivity index (χ3n) is 13.6. The molecular formula is C59H53BN2S. The monoisotopic (exact) mass is 832 g/mol. The van der Waals surface area contributed by atoms with Gasteiger partial charge in [-0.25, -0.2) is 0 Å². The van der Waals surface area contributed by atoms with E-state index in [0.717, 1.165) is 0 Å². The number of aryl methyl sites for hydroxylation is 3. The van der Waals surface area contributed by atoms with Crippen LogP contribution in [-0.4, -0.2) is 6.85 Å². The van der Waals surface area contributed by atoms with Crippen molar-refractivity contribution in [1.29, 1.82) is 0 Å². The summed E-state index contributed by atoms with van der Waals surface area (Å²) in [5, 5.41) is 2.63. The van der Waals surface area contributed by atoms with E-state index in [2.05, 4.69) is 230 Å². The third-order valence-corrected chi connectivity index (χ3v) is 14.8. The molecular weight excluding hydrogens is 780 g/mol. The summed E-state index contributed by atoms with van der Waals surface area (Å²) in [6, 6.07) is 60.3. The molecule has 0 spiro atoms. The van der Waals surface area contributed by atoms with Crippen molar-refractivity contribution in [2.24, 2.45) is 0 Å². The number of thiophene rings is 1. The SMILES string of the molecule is Cc1cc(C)c(-c2cc3c4c(c2)N(c2ccccc2-c2ccccc2)c2ccc5c(sc6ccccc65)c2B4N(c2ccc(C(C)(C)C)cc2)c2ccc(C(C)(C)C)cc2-3)c(C)c1. The van der Waals surface area contributed by atoms with Crippen molar-refractivity contribution in [3.63, 3.8) is 0 Å². The molecule has 2 nitrogen and oxygen atoms in total. The van der Waals surface area contributed by atoms with Crippen LogP contribution in [0.1, 0.15) is 69.4 Å². The maximum Gasteiger partial charge on any atom is 0.334 e. The molecule has 0 bridgehead atoms. The van der Waals surface area contributed by atoms with Crippen molar-refractivity contribution < 1.29 is 0 Å². The molecule has 0 radical (unpaired) electrons. The molecule has 0 saturated carbocycles. The number of benzene rings is 8. The first-order valence-electron chi connectivity index (χ1n) is 22.5. The summed E-state index contributed by atoms with van der Waals surface area (Å²) >= 11 is 1.94. The molecule has 8 aromatic carbocycles. The Kier molecular flexibility index (Phi) is 8.99. The van der Waals surface area contributed by atoms with Crippen LogP contribution >= 0.6 is 11.3 Å². The fraction of sp³-hybridized carbons (Fsp3) is 0.186. The van der Waals surface area contributed by atoms with Crippen molar-refractivity contribution in [3.05, 3.63) is 186 Å². The van der Waals surface area contributed by atoms with Gasteiger partial charge >= 0.3 is 6.85 Å². The zero-order valence-electron chi connectivity index (χ0n) is 37.9. The first-order valence-corrected chi connectivity index (χ1v) is 23.3. The number of fused-ring (bicyclic) bond motifs is 8. The lowest BCUT2D eigenvalue weighted by molar-refractivity contribution is 0.590. The van der Waals surface area contributed by atoms with Crippen LogP contribution in [0.15, 0.2) is 158 Å². The molecule has 0 aliphatic carbocycles. The van der Waals surface area contributed by atoms with Gasteiger partial charge < -0.3 is 9.71 Å². The van der Waals surface area contributed by atoms with Crippen molar-refractivity contribution in [3.8, 4) is 33.4 Å². The molecule has 3 heterocycles. The van der Waals surface area contributed by atoms with Crippen LogP contribution in [0, 0.1) is 20.8 Å². The lowest BCUT2D eigenvalue weighted by Gasteiger charge is -2.46. The highest BCUT2D eigenvalue weighted by atomic mass is 32.1. The molecule has 63 heavy (non-hydrogen) atoms. The molecule has 2 aliphatic heterocycles. The molecule has 0 amide bonds. The summed E-state index contributed by atoms with van der Waals surface area (Å²) in [6.07, 6.45) is 0. The molecule has 308 valence electrons. The molecule has 0 N–H and O–H groups in total. The Morgan fingerprint density at radius 3 is 1.84 bits per heavy atom. The second kappa shape index (κ2) is 14.3. The molecule has 11 rings (SSSR count). The zero-order valence-corrected chi connectivity index (χ0v) is 38.7. The van der Waals surface area contributed by atoms with Crippen LogP contribution in [-0.2, 0) is 10.8 Å². The van der Waals surface area contributed by atoms with Gasteiger partial charge in [0, 0.05) is 54.0 Å². The Morgan fingerprint density at radius 2 is 1.11 bits per heavy atom. The largest absolute Gasteiger partial charge is 0.376 e. The van der Waals surface area contributed by atoms with Gasteiger partial charge in [0.1, 0.15) is 0 Å². The number of hydrogen-bond donors (Lipinski definition) is 0.